The normalized spacial score (nSPS) is 21.8. The van der Waals surface area contributed by atoms with Gasteiger partial charge in [-0.05, 0) is 47.2 Å². The van der Waals surface area contributed by atoms with Crippen LogP contribution in [0.1, 0.15) is 29.0 Å². The molecule has 1 aliphatic heterocycles. The van der Waals surface area contributed by atoms with Crippen LogP contribution in [0.25, 0.3) is 0 Å². The van der Waals surface area contributed by atoms with Crippen molar-refractivity contribution in [2.45, 2.75) is 18.6 Å². The molecule has 100 valence electrons. The first-order valence-corrected chi connectivity index (χ1v) is 8.09. The lowest BCUT2D eigenvalue weighted by atomic mass is 9.96. The molecule has 2 aromatic rings. The average Bonchev–Trinajstić information content (AvgIpc) is 2.84. The van der Waals surface area contributed by atoms with Crippen molar-refractivity contribution in [3.8, 4) is 5.75 Å². The largest absolute Gasteiger partial charge is 0.484 e. The lowest BCUT2D eigenvalue weighted by Crippen LogP contribution is -2.26. The van der Waals surface area contributed by atoms with E-state index in [0.29, 0.717) is 0 Å². The fourth-order valence-corrected chi connectivity index (χ4v) is 4.05. The Bertz CT molecular complexity index is 601. The molecule has 0 bridgehead atoms. The van der Waals surface area contributed by atoms with Crippen molar-refractivity contribution in [3.05, 3.63) is 49.6 Å². The highest BCUT2D eigenvalue weighted by molar-refractivity contribution is 9.10. The molecule has 19 heavy (non-hydrogen) atoms. The molecule has 0 saturated carbocycles. The summed E-state index contributed by atoms with van der Waals surface area (Å²) < 4.78 is 7.22. The van der Waals surface area contributed by atoms with Crippen LogP contribution in [0.4, 0.5) is 0 Å². The summed E-state index contributed by atoms with van der Waals surface area (Å²) in [6.07, 6.45) is 1.01. The van der Waals surface area contributed by atoms with Gasteiger partial charge < -0.3 is 10.1 Å². The minimum atomic E-state index is 0.0995. The monoisotopic (exact) mass is 357 g/mol. The zero-order valence-corrected chi connectivity index (χ0v) is 13.5. The number of rotatable bonds is 2. The van der Waals surface area contributed by atoms with Crippen LogP contribution in [0, 0.1) is 0 Å². The fourth-order valence-electron chi connectivity index (χ4n) is 2.39. The zero-order chi connectivity index (χ0) is 13.4. The number of hydrogen-bond acceptors (Lipinski definition) is 3. The van der Waals surface area contributed by atoms with E-state index in [2.05, 4.69) is 32.7 Å². The quantitative estimate of drug-likeness (QED) is 0.820. The molecule has 1 aromatic heterocycles. The molecule has 0 amide bonds. The van der Waals surface area contributed by atoms with Gasteiger partial charge >= 0.3 is 0 Å². The first kappa shape index (κ1) is 13.4. The van der Waals surface area contributed by atoms with E-state index in [-0.39, 0.29) is 12.1 Å². The predicted octanol–water partition coefficient (Wildman–Crippen LogP) is 4.95. The van der Waals surface area contributed by atoms with E-state index in [9.17, 15) is 0 Å². The number of ether oxygens (including phenoxy) is 1. The van der Waals surface area contributed by atoms with E-state index in [1.807, 2.05) is 25.2 Å². The second-order valence-electron chi connectivity index (χ2n) is 4.53. The molecule has 0 aliphatic carbocycles. The standard InChI is InChI=1S/C14H13BrClNOS/c1-17-11-6-13(14-4-8(15)7-19-14)18-12-3-2-9(16)5-10(11)12/h2-5,7,11,13,17H,6H2,1H3. The maximum Gasteiger partial charge on any atom is 0.135 e. The van der Waals surface area contributed by atoms with Crippen molar-refractivity contribution >= 4 is 38.9 Å². The van der Waals surface area contributed by atoms with Gasteiger partial charge in [-0.15, -0.1) is 11.3 Å². The van der Waals surface area contributed by atoms with Crippen LogP contribution < -0.4 is 10.1 Å². The summed E-state index contributed by atoms with van der Waals surface area (Å²) in [6, 6.07) is 8.21. The molecule has 2 unspecified atom stereocenters. The van der Waals surface area contributed by atoms with Gasteiger partial charge in [-0.2, -0.15) is 0 Å². The van der Waals surface area contributed by atoms with Gasteiger partial charge in [-0.1, -0.05) is 11.6 Å². The number of fused-ring (bicyclic) bond motifs is 1. The second-order valence-corrected chi connectivity index (χ2v) is 6.83. The van der Waals surface area contributed by atoms with Crippen LogP contribution in [0.5, 0.6) is 5.75 Å². The third kappa shape index (κ3) is 2.68. The van der Waals surface area contributed by atoms with Gasteiger partial charge in [0.1, 0.15) is 11.9 Å². The van der Waals surface area contributed by atoms with E-state index < -0.39 is 0 Å². The van der Waals surface area contributed by atoms with Crippen LogP contribution in [0.3, 0.4) is 0 Å². The van der Waals surface area contributed by atoms with Crippen molar-refractivity contribution in [2.24, 2.45) is 0 Å². The van der Waals surface area contributed by atoms with Gasteiger partial charge in [0.15, 0.2) is 0 Å². The molecule has 1 aromatic carbocycles. The average molecular weight is 359 g/mol. The van der Waals surface area contributed by atoms with Crippen molar-refractivity contribution in [1.29, 1.82) is 0 Å². The predicted molar refractivity (Wildman–Crippen MR) is 83.3 cm³/mol. The highest BCUT2D eigenvalue weighted by Gasteiger charge is 2.29. The summed E-state index contributed by atoms with van der Waals surface area (Å²) in [5.74, 6) is 0.921. The summed E-state index contributed by atoms with van der Waals surface area (Å²) in [5, 5.41) is 6.19. The van der Waals surface area contributed by atoms with E-state index in [4.69, 9.17) is 16.3 Å². The van der Waals surface area contributed by atoms with Crippen LogP contribution >= 0.6 is 38.9 Å². The molecule has 1 N–H and O–H groups in total. The van der Waals surface area contributed by atoms with Gasteiger partial charge in [0.2, 0.25) is 0 Å². The Balaban J connectivity index is 1.95. The van der Waals surface area contributed by atoms with Gasteiger partial charge in [0, 0.05) is 37.8 Å². The Morgan fingerprint density at radius 3 is 2.95 bits per heavy atom. The molecule has 1 aliphatic rings. The Morgan fingerprint density at radius 2 is 2.26 bits per heavy atom. The third-order valence-electron chi connectivity index (χ3n) is 3.32. The molecule has 2 atom stereocenters. The lowest BCUT2D eigenvalue weighted by molar-refractivity contribution is 0.157. The molecule has 2 heterocycles. The van der Waals surface area contributed by atoms with Crippen LogP contribution in [-0.4, -0.2) is 7.05 Å². The molecule has 0 fully saturated rings. The van der Waals surface area contributed by atoms with E-state index in [1.165, 1.54) is 4.88 Å². The smallest absolute Gasteiger partial charge is 0.135 e. The minimum absolute atomic E-state index is 0.0995. The highest BCUT2D eigenvalue weighted by atomic mass is 79.9. The second kappa shape index (κ2) is 5.44. The van der Waals surface area contributed by atoms with Crippen LogP contribution in [0.2, 0.25) is 5.02 Å². The van der Waals surface area contributed by atoms with E-state index >= 15 is 0 Å². The van der Waals surface area contributed by atoms with Crippen LogP contribution in [0.15, 0.2) is 34.1 Å². The lowest BCUT2D eigenvalue weighted by Gasteiger charge is -2.31. The molecular formula is C14H13BrClNOS. The highest BCUT2D eigenvalue weighted by Crippen LogP contribution is 2.43. The van der Waals surface area contributed by atoms with Crippen molar-refractivity contribution in [1.82, 2.24) is 5.32 Å². The number of halogens is 2. The Morgan fingerprint density at radius 1 is 1.42 bits per heavy atom. The molecule has 3 rings (SSSR count). The van der Waals surface area contributed by atoms with Gasteiger partial charge in [-0.25, -0.2) is 0 Å². The molecule has 2 nitrogen and oxygen atoms in total. The zero-order valence-electron chi connectivity index (χ0n) is 10.3. The van der Waals surface area contributed by atoms with Gasteiger partial charge in [-0.3, -0.25) is 0 Å². The first-order valence-electron chi connectivity index (χ1n) is 6.04. The molecule has 5 heteroatoms. The van der Waals surface area contributed by atoms with E-state index in [0.717, 1.165) is 27.2 Å². The third-order valence-corrected chi connectivity index (χ3v) is 5.34. The Labute approximate surface area is 129 Å². The van der Waals surface area contributed by atoms with Gasteiger partial charge in [0.05, 0.1) is 0 Å². The molecule has 0 radical (unpaired) electrons. The molecule has 0 spiro atoms. The first-order chi connectivity index (χ1) is 9.17. The maximum absolute atomic E-state index is 6.11. The maximum atomic E-state index is 6.11. The molecular weight excluding hydrogens is 346 g/mol. The van der Waals surface area contributed by atoms with Gasteiger partial charge in [0.25, 0.3) is 0 Å². The number of nitrogens with one attached hydrogen (secondary N) is 1. The summed E-state index contributed by atoms with van der Waals surface area (Å²) in [7, 11) is 1.97. The summed E-state index contributed by atoms with van der Waals surface area (Å²) in [4.78, 5) is 1.24. The Hall–Kier alpha value is -0.550. The topological polar surface area (TPSA) is 21.3 Å². The number of benzene rings is 1. The van der Waals surface area contributed by atoms with Crippen molar-refractivity contribution < 1.29 is 4.74 Å². The van der Waals surface area contributed by atoms with Crippen molar-refractivity contribution in [2.75, 3.05) is 7.05 Å². The SMILES string of the molecule is CNC1CC(c2cc(Br)cs2)Oc2ccc(Cl)cc21. The minimum Gasteiger partial charge on any atom is -0.484 e. The van der Waals surface area contributed by atoms with Crippen molar-refractivity contribution in [3.63, 3.8) is 0 Å². The summed E-state index contributed by atoms with van der Waals surface area (Å²) >= 11 is 11.3. The van der Waals surface area contributed by atoms with E-state index in [1.54, 1.807) is 11.3 Å². The van der Waals surface area contributed by atoms with Crippen LogP contribution in [-0.2, 0) is 0 Å². The number of hydrogen-bond donors (Lipinski definition) is 1. The summed E-state index contributed by atoms with van der Waals surface area (Å²) in [6.45, 7) is 0. The fraction of sp³-hybridized carbons (Fsp3) is 0.286. The Kier molecular flexibility index (Phi) is 3.85. The molecule has 0 saturated heterocycles. The summed E-state index contributed by atoms with van der Waals surface area (Å²) in [5.41, 5.74) is 1.14. The number of thiophene rings is 1.